The average molecular weight is 291 g/mol. The van der Waals surface area contributed by atoms with E-state index in [1.165, 1.54) is 19.3 Å². The summed E-state index contributed by atoms with van der Waals surface area (Å²) < 4.78 is 6.23. The Morgan fingerprint density at radius 2 is 2.00 bits per heavy atom. The highest BCUT2D eigenvalue weighted by Gasteiger charge is 2.48. The van der Waals surface area contributed by atoms with E-state index in [1.54, 1.807) is 4.90 Å². The fourth-order valence-corrected chi connectivity index (χ4v) is 4.53. The van der Waals surface area contributed by atoms with Crippen LogP contribution in [0.5, 0.6) is 0 Å². The molecule has 0 bridgehead atoms. The third-order valence-electron chi connectivity index (χ3n) is 5.58. The van der Waals surface area contributed by atoms with E-state index in [0.717, 1.165) is 24.7 Å². The van der Waals surface area contributed by atoms with Crippen LogP contribution in [-0.4, -0.2) is 36.4 Å². The van der Waals surface area contributed by atoms with Crippen molar-refractivity contribution in [3.05, 3.63) is 0 Å². The molecule has 2 aliphatic rings. The molecule has 5 atom stereocenters. The van der Waals surface area contributed by atoms with E-state index in [1.807, 2.05) is 13.8 Å². The summed E-state index contributed by atoms with van der Waals surface area (Å²) in [5.41, 5.74) is -0.581. The molecule has 1 aliphatic carbocycles. The first-order valence-corrected chi connectivity index (χ1v) is 8.52. The number of ether oxygens (including phenoxy) is 1. The molecule has 118 valence electrons. The van der Waals surface area contributed by atoms with Crippen molar-refractivity contribution in [3.8, 4) is 0 Å². The van der Waals surface area contributed by atoms with Crippen molar-refractivity contribution in [2.75, 3.05) is 0 Å². The molecular weight excluding hydrogens is 261 g/mol. The molecule has 2 fully saturated rings. The molecule has 0 aromatic rings. The van der Waals surface area contributed by atoms with Crippen molar-refractivity contribution in [2.24, 2.45) is 17.8 Å². The molecule has 1 saturated carbocycles. The fourth-order valence-electron chi connectivity index (χ4n) is 4.53. The molecule has 1 aliphatic heterocycles. The smallest absolute Gasteiger partial charge is 0.200 e. The molecule has 2 radical (unpaired) electrons. The summed E-state index contributed by atoms with van der Waals surface area (Å²) >= 11 is 0. The van der Waals surface area contributed by atoms with Crippen LogP contribution in [0.1, 0.15) is 66.7 Å². The second-order valence-electron chi connectivity index (χ2n) is 7.68. The van der Waals surface area contributed by atoms with E-state index >= 15 is 0 Å². The van der Waals surface area contributed by atoms with E-state index in [9.17, 15) is 4.79 Å². The molecule has 0 aromatic heterocycles. The van der Waals surface area contributed by atoms with Gasteiger partial charge in [-0.25, -0.2) is 0 Å². The number of carbonyl (C=O) groups excluding carboxylic acids is 1. The van der Waals surface area contributed by atoms with E-state index in [2.05, 4.69) is 20.8 Å². The third kappa shape index (κ3) is 3.47. The molecule has 3 nitrogen and oxygen atoms in total. The highest BCUT2D eigenvalue weighted by Crippen LogP contribution is 2.41. The lowest BCUT2D eigenvalue weighted by Crippen LogP contribution is -2.47. The average Bonchev–Trinajstić information content (AvgIpc) is 2.63. The minimum atomic E-state index is -0.581. The van der Waals surface area contributed by atoms with Crippen LogP contribution in [0.4, 0.5) is 4.79 Å². The first-order valence-electron chi connectivity index (χ1n) is 8.52. The van der Waals surface area contributed by atoms with E-state index in [0.29, 0.717) is 5.92 Å². The SMILES string of the molecule is [B]C(=O)N1C(CC)C(CC2CCC(C)CC2C)OC1(C)C. The van der Waals surface area contributed by atoms with Crippen LogP contribution in [0.25, 0.3) is 0 Å². The van der Waals surface area contributed by atoms with Crippen LogP contribution in [0.15, 0.2) is 0 Å². The van der Waals surface area contributed by atoms with Crippen molar-refractivity contribution < 1.29 is 9.53 Å². The lowest BCUT2D eigenvalue weighted by atomic mass is 9.73. The predicted octanol–water partition coefficient (Wildman–Crippen LogP) is 3.95. The Balaban J connectivity index is 2.07. The molecule has 1 heterocycles. The summed E-state index contributed by atoms with van der Waals surface area (Å²) in [5, 5.41) is 0. The molecule has 5 unspecified atom stereocenters. The topological polar surface area (TPSA) is 29.5 Å². The monoisotopic (exact) mass is 291 g/mol. The van der Waals surface area contributed by atoms with Crippen LogP contribution in [0, 0.1) is 17.8 Å². The van der Waals surface area contributed by atoms with Crippen LogP contribution in [0.3, 0.4) is 0 Å². The van der Waals surface area contributed by atoms with Gasteiger partial charge in [0.2, 0.25) is 7.85 Å². The molecule has 2 rings (SSSR count). The summed E-state index contributed by atoms with van der Waals surface area (Å²) in [6.07, 6.45) is 6.00. The van der Waals surface area contributed by atoms with Gasteiger partial charge in [-0.1, -0.05) is 27.2 Å². The first-order chi connectivity index (χ1) is 9.76. The minimum Gasteiger partial charge on any atom is -0.351 e. The van der Waals surface area contributed by atoms with Crippen LogP contribution < -0.4 is 0 Å². The van der Waals surface area contributed by atoms with Gasteiger partial charge in [0.05, 0.1) is 12.1 Å². The largest absolute Gasteiger partial charge is 0.351 e. The standard InChI is InChI=1S/C17H30BNO2/c1-6-14-15(21-17(4,5)19(14)16(18)20)10-13-8-7-11(2)9-12(13)3/h11-15H,6-10H2,1-5H3. The van der Waals surface area contributed by atoms with Crippen LogP contribution in [0.2, 0.25) is 0 Å². The zero-order valence-electron chi connectivity index (χ0n) is 14.3. The van der Waals surface area contributed by atoms with Crippen molar-refractivity contribution in [2.45, 2.75) is 84.6 Å². The minimum absolute atomic E-state index is 0.115. The van der Waals surface area contributed by atoms with Gasteiger partial charge in [0.15, 0.2) is 5.81 Å². The highest BCUT2D eigenvalue weighted by molar-refractivity contribution is 6.57. The Hall–Kier alpha value is -0.505. The molecule has 4 heteroatoms. The molecule has 1 saturated heterocycles. The highest BCUT2D eigenvalue weighted by atomic mass is 16.5. The Morgan fingerprint density at radius 3 is 2.52 bits per heavy atom. The molecule has 0 spiro atoms. The first kappa shape index (κ1) is 16.9. The van der Waals surface area contributed by atoms with Gasteiger partial charge in [-0.3, -0.25) is 4.79 Å². The van der Waals surface area contributed by atoms with Crippen LogP contribution >= 0.6 is 0 Å². The number of hydrogen-bond donors (Lipinski definition) is 0. The van der Waals surface area contributed by atoms with Gasteiger partial charge in [0.1, 0.15) is 5.72 Å². The summed E-state index contributed by atoms with van der Waals surface area (Å²) in [6, 6.07) is 0.115. The van der Waals surface area contributed by atoms with Gasteiger partial charge in [0, 0.05) is 0 Å². The van der Waals surface area contributed by atoms with Gasteiger partial charge in [0.25, 0.3) is 0 Å². The second kappa shape index (κ2) is 6.32. The lowest BCUT2D eigenvalue weighted by Gasteiger charge is -2.35. The second-order valence-corrected chi connectivity index (χ2v) is 7.68. The summed E-state index contributed by atoms with van der Waals surface area (Å²) in [5.74, 6) is 1.95. The van der Waals surface area contributed by atoms with E-state index in [4.69, 9.17) is 12.6 Å². The fraction of sp³-hybridized carbons (Fsp3) is 0.941. The summed E-state index contributed by atoms with van der Waals surface area (Å²) in [7, 11) is 5.59. The van der Waals surface area contributed by atoms with Gasteiger partial charge >= 0.3 is 0 Å². The van der Waals surface area contributed by atoms with Crippen molar-refractivity contribution in [3.63, 3.8) is 0 Å². The Morgan fingerprint density at radius 1 is 1.33 bits per heavy atom. The normalized spacial score (nSPS) is 39.5. The summed E-state index contributed by atoms with van der Waals surface area (Å²) in [4.78, 5) is 13.5. The maximum absolute atomic E-state index is 11.8. The molecule has 0 N–H and O–H groups in total. The summed E-state index contributed by atoms with van der Waals surface area (Å²) in [6.45, 7) is 10.7. The van der Waals surface area contributed by atoms with Crippen molar-refractivity contribution >= 4 is 13.7 Å². The van der Waals surface area contributed by atoms with E-state index < -0.39 is 5.72 Å². The zero-order chi connectivity index (χ0) is 15.8. The number of carbonyl (C=O) groups is 1. The van der Waals surface area contributed by atoms with Crippen molar-refractivity contribution in [1.82, 2.24) is 4.90 Å². The molecular formula is C17H30BNO2. The van der Waals surface area contributed by atoms with Gasteiger partial charge in [-0.05, 0) is 57.3 Å². The van der Waals surface area contributed by atoms with Crippen LogP contribution in [-0.2, 0) is 4.74 Å². The Bertz CT molecular complexity index is 385. The molecule has 21 heavy (non-hydrogen) atoms. The maximum Gasteiger partial charge on any atom is 0.200 e. The number of nitrogens with zero attached hydrogens (tertiary/aromatic N) is 1. The molecule has 1 amide bonds. The van der Waals surface area contributed by atoms with Gasteiger partial charge in [-0.15, -0.1) is 0 Å². The van der Waals surface area contributed by atoms with Crippen molar-refractivity contribution in [1.29, 1.82) is 0 Å². The number of amides is 1. The Labute approximate surface area is 131 Å². The zero-order valence-corrected chi connectivity index (χ0v) is 14.3. The quantitative estimate of drug-likeness (QED) is 0.737. The lowest BCUT2D eigenvalue weighted by molar-refractivity contribution is -0.0665. The van der Waals surface area contributed by atoms with E-state index in [-0.39, 0.29) is 18.0 Å². The number of hydrogen-bond acceptors (Lipinski definition) is 2. The maximum atomic E-state index is 11.8. The Kier molecular flexibility index (Phi) is 5.07. The predicted molar refractivity (Wildman–Crippen MR) is 86.3 cm³/mol. The molecule has 0 aromatic carbocycles. The van der Waals surface area contributed by atoms with Gasteiger partial charge < -0.3 is 9.64 Å². The van der Waals surface area contributed by atoms with Gasteiger partial charge in [-0.2, -0.15) is 0 Å². The third-order valence-corrected chi connectivity index (χ3v) is 5.58. The number of rotatable bonds is 3.